The van der Waals surface area contributed by atoms with Crippen LogP contribution >= 0.6 is 0 Å². The Labute approximate surface area is 176 Å². The number of carbonyl (C=O) groups excluding carboxylic acids is 1. The molecule has 2 aliphatic rings. The van der Waals surface area contributed by atoms with Crippen LogP contribution in [0.15, 0.2) is 42.7 Å². The molecule has 0 N–H and O–H groups in total. The van der Waals surface area contributed by atoms with E-state index in [2.05, 4.69) is 9.97 Å². The van der Waals surface area contributed by atoms with Crippen molar-refractivity contribution in [1.82, 2.24) is 14.3 Å². The minimum Gasteiger partial charge on any atom is -0.447 e. The number of benzene rings is 1. The molecule has 3 heterocycles. The molecule has 2 fully saturated rings. The highest BCUT2D eigenvalue weighted by Gasteiger charge is 2.35. The summed E-state index contributed by atoms with van der Waals surface area (Å²) in [7, 11) is -3.11. The van der Waals surface area contributed by atoms with E-state index in [1.165, 1.54) is 10.6 Å². The number of amides is 1. The molecule has 2 aromatic rings. The van der Waals surface area contributed by atoms with Crippen LogP contribution in [0.3, 0.4) is 0 Å². The van der Waals surface area contributed by atoms with Crippen LogP contribution in [0.1, 0.15) is 24.1 Å². The van der Waals surface area contributed by atoms with E-state index in [4.69, 9.17) is 4.74 Å². The van der Waals surface area contributed by atoms with Gasteiger partial charge in [0.1, 0.15) is 6.61 Å². The van der Waals surface area contributed by atoms with Gasteiger partial charge in [-0.05, 0) is 37.2 Å². The van der Waals surface area contributed by atoms with Gasteiger partial charge in [-0.1, -0.05) is 30.3 Å². The summed E-state index contributed by atoms with van der Waals surface area (Å²) < 4.78 is 30.1. The van der Waals surface area contributed by atoms with E-state index in [1.54, 1.807) is 17.3 Å². The average Bonchev–Trinajstić information content (AvgIpc) is 3.09. The van der Waals surface area contributed by atoms with Gasteiger partial charge in [-0.25, -0.2) is 22.5 Å². The smallest absolute Gasteiger partial charge is 0.415 e. The number of cyclic esters (lactones) is 1. The largest absolute Gasteiger partial charge is 0.447 e. The third-order valence-corrected chi connectivity index (χ3v) is 7.06. The third kappa shape index (κ3) is 4.79. The molecule has 1 aromatic heterocycles. The number of sulfonamides is 1. The summed E-state index contributed by atoms with van der Waals surface area (Å²) in [6, 6.07) is 9.88. The molecular weight excluding hydrogens is 404 g/mol. The van der Waals surface area contributed by atoms with Crippen LogP contribution in [0.2, 0.25) is 0 Å². The van der Waals surface area contributed by atoms with Gasteiger partial charge in [-0.15, -0.1) is 0 Å². The Hall–Kier alpha value is -2.52. The molecule has 0 saturated carbocycles. The lowest BCUT2D eigenvalue weighted by Gasteiger charge is -2.30. The van der Waals surface area contributed by atoms with Crippen LogP contribution in [0.25, 0.3) is 0 Å². The highest BCUT2D eigenvalue weighted by atomic mass is 32.2. The zero-order chi connectivity index (χ0) is 21.1. The first-order chi connectivity index (χ1) is 14.4. The molecule has 0 bridgehead atoms. The summed E-state index contributed by atoms with van der Waals surface area (Å²) in [5.41, 5.74) is 1.99. The summed E-state index contributed by atoms with van der Waals surface area (Å²) in [4.78, 5) is 22.8. The summed E-state index contributed by atoms with van der Waals surface area (Å²) in [5.74, 6) is 0.875. The third-order valence-electron chi connectivity index (χ3n) is 5.75. The number of piperidine rings is 1. The zero-order valence-electron chi connectivity index (χ0n) is 17.0. The molecular formula is C21H26N4O4S. The van der Waals surface area contributed by atoms with Crippen molar-refractivity contribution in [2.75, 3.05) is 30.9 Å². The maximum atomic E-state index is 12.3. The van der Waals surface area contributed by atoms with Crippen molar-refractivity contribution in [3.05, 3.63) is 54.0 Å². The second kappa shape index (κ2) is 8.69. The number of nitrogens with zero attached hydrogens (tertiary/aromatic N) is 4. The van der Waals surface area contributed by atoms with E-state index in [9.17, 15) is 13.2 Å². The minimum atomic E-state index is -3.11. The monoisotopic (exact) mass is 430 g/mol. The molecule has 1 amide bonds. The van der Waals surface area contributed by atoms with E-state index in [1.807, 2.05) is 30.3 Å². The number of rotatable bonds is 6. The van der Waals surface area contributed by atoms with Crippen molar-refractivity contribution in [2.45, 2.75) is 31.7 Å². The van der Waals surface area contributed by atoms with Gasteiger partial charge in [0.25, 0.3) is 0 Å². The van der Waals surface area contributed by atoms with Gasteiger partial charge in [-0.3, -0.25) is 9.88 Å². The normalized spacial score (nSPS) is 21.0. The Balaban J connectivity index is 1.38. The molecule has 9 heteroatoms. The zero-order valence-corrected chi connectivity index (χ0v) is 17.8. The molecule has 0 unspecified atom stereocenters. The quantitative estimate of drug-likeness (QED) is 0.698. The van der Waals surface area contributed by atoms with E-state index >= 15 is 0 Å². The molecule has 4 rings (SSSR count). The van der Waals surface area contributed by atoms with E-state index in [-0.39, 0.29) is 6.04 Å². The number of ether oxygens (including phenoxy) is 1. The molecule has 8 nitrogen and oxygen atoms in total. The Morgan fingerprint density at radius 2 is 1.80 bits per heavy atom. The molecule has 160 valence electrons. The standard InChI is InChI=1S/C21H26N4O4S/c1-30(27,28)24-9-7-17(8-10-24)11-18-13-23-20(14-22-18)25-19(15-29-21(25)26)12-16-5-3-2-4-6-16/h2-6,13-14,17,19H,7-12,15H2,1H3/t19-/m1/s1. The highest BCUT2D eigenvalue weighted by Crippen LogP contribution is 2.25. The van der Waals surface area contributed by atoms with Gasteiger partial charge in [0.2, 0.25) is 10.0 Å². The molecule has 0 aliphatic carbocycles. The molecule has 2 saturated heterocycles. The molecule has 30 heavy (non-hydrogen) atoms. The van der Waals surface area contributed by atoms with Crippen LogP contribution < -0.4 is 4.90 Å². The van der Waals surface area contributed by atoms with Crippen molar-refractivity contribution in [3.8, 4) is 0 Å². The van der Waals surface area contributed by atoms with Crippen LogP contribution in [0.4, 0.5) is 10.6 Å². The maximum Gasteiger partial charge on any atom is 0.415 e. The van der Waals surface area contributed by atoms with Crippen molar-refractivity contribution >= 4 is 21.9 Å². The van der Waals surface area contributed by atoms with Gasteiger partial charge < -0.3 is 4.74 Å². The number of anilines is 1. The fraction of sp³-hybridized carbons (Fsp3) is 0.476. The molecule has 1 aromatic carbocycles. The van der Waals surface area contributed by atoms with Gasteiger partial charge in [0, 0.05) is 13.1 Å². The van der Waals surface area contributed by atoms with Crippen LogP contribution in [0.5, 0.6) is 0 Å². The molecule has 2 aliphatic heterocycles. The topological polar surface area (TPSA) is 92.7 Å². The molecule has 1 atom stereocenters. The number of carbonyl (C=O) groups is 1. The lowest BCUT2D eigenvalue weighted by atomic mass is 9.93. The van der Waals surface area contributed by atoms with Crippen molar-refractivity contribution in [3.63, 3.8) is 0 Å². The minimum absolute atomic E-state index is 0.111. The van der Waals surface area contributed by atoms with Crippen molar-refractivity contribution in [2.24, 2.45) is 5.92 Å². The maximum absolute atomic E-state index is 12.3. The first kappa shape index (κ1) is 20.7. The molecule has 0 radical (unpaired) electrons. The second-order valence-corrected chi connectivity index (χ2v) is 9.95. The second-order valence-electron chi connectivity index (χ2n) is 7.97. The lowest BCUT2D eigenvalue weighted by Crippen LogP contribution is -2.38. The summed E-state index contributed by atoms with van der Waals surface area (Å²) in [6.07, 6.45) is 7.27. The lowest BCUT2D eigenvalue weighted by molar-refractivity contribution is 0.178. The van der Waals surface area contributed by atoms with Gasteiger partial charge in [0.15, 0.2) is 5.82 Å². The van der Waals surface area contributed by atoms with Gasteiger partial charge in [0.05, 0.1) is 30.4 Å². The Morgan fingerprint density at radius 3 is 2.43 bits per heavy atom. The van der Waals surface area contributed by atoms with Crippen molar-refractivity contribution < 1.29 is 17.9 Å². The van der Waals surface area contributed by atoms with Gasteiger partial charge in [-0.2, -0.15) is 0 Å². The van der Waals surface area contributed by atoms with E-state index in [0.717, 1.165) is 30.5 Å². The summed E-state index contributed by atoms with van der Waals surface area (Å²) >= 11 is 0. The first-order valence-electron chi connectivity index (χ1n) is 10.2. The van der Waals surface area contributed by atoms with E-state index < -0.39 is 16.1 Å². The Morgan fingerprint density at radius 1 is 1.07 bits per heavy atom. The number of hydrogen-bond acceptors (Lipinski definition) is 6. The van der Waals surface area contributed by atoms with Crippen LogP contribution in [-0.2, 0) is 27.6 Å². The Kier molecular flexibility index (Phi) is 6.01. The summed E-state index contributed by atoms with van der Waals surface area (Å²) in [6.45, 7) is 1.43. The molecule has 0 spiro atoms. The number of aromatic nitrogens is 2. The Bertz CT molecular complexity index is 974. The average molecular weight is 431 g/mol. The van der Waals surface area contributed by atoms with E-state index in [0.29, 0.717) is 37.9 Å². The number of hydrogen-bond donors (Lipinski definition) is 0. The van der Waals surface area contributed by atoms with Gasteiger partial charge >= 0.3 is 6.09 Å². The fourth-order valence-corrected chi connectivity index (χ4v) is 4.97. The van der Waals surface area contributed by atoms with Crippen LogP contribution in [0, 0.1) is 5.92 Å². The highest BCUT2D eigenvalue weighted by molar-refractivity contribution is 7.88. The fourth-order valence-electron chi connectivity index (χ4n) is 4.10. The predicted molar refractivity (Wildman–Crippen MR) is 113 cm³/mol. The van der Waals surface area contributed by atoms with Crippen LogP contribution in [-0.4, -0.2) is 60.8 Å². The van der Waals surface area contributed by atoms with Crippen molar-refractivity contribution in [1.29, 1.82) is 0 Å². The summed E-state index contributed by atoms with van der Waals surface area (Å²) in [5, 5.41) is 0. The SMILES string of the molecule is CS(=O)(=O)N1CCC(Cc2cnc(N3C(=O)OC[C@H]3Cc3ccccc3)cn2)CC1. The predicted octanol–water partition coefficient (Wildman–Crippen LogP) is 2.26. The first-order valence-corrected chi connectivity index (χ1v) is 12.0.